The van der Waals surface area contributed by atoms with E-state index in [1.54, 1.807) is 0 Å². The van der Waals surface area contributed by atoms with Crippen molar-refractivity contribution < 1.29 is 28.9 Å². The maximum Gasteiger partial charge on any atom is 0.330 e. The van der Waals surface area contributed by atoms with E-state index in [1.807, 2.05) is 4.98 Å². The van der Waals surface area contributed by atoms with E-state index in [-0.39, 0.29) is 19.8 Å². The molecular weight excluding hydrogens is 307 g/mol. The molecule has 2 atom stereocenters. The van der Waals surface area contributed by atoms with Crippen molar-refractivity contribution in [3.63, 3.8) is 0 Å². The van der Waals surface area contributed by atoms with Crippen LogP contribution in [0.25, 0.3) is 0 Å². The average Bonchev–Trinajstić information content (AvgIpc) is 2.70. The summed E-state index contributed by atoms with van der Waals surface area (Å²) in [7, 11) is -4.22. The van der Waals surface area contributed by atoms with Gasteiger partial charge < -0.3 is 24.4 Å². The van der Waals surface area contributed by atoms with E-state index in [4.69, 9.17) is 19.3 Å². The highest BCUT2D eigenvalue weighted by atomic mass is 31.2. The Kier molecular flexibility index (Phi) is 4.47. The predicted molar refractivity (Wildman–Crippen MR) is 69.0 cm³/mol. The van der Waals surface area contributed by atoms with Gasteiger partial charge in [0.2, 0.25) is 0 Å². The first kappa shape index (κ1) is 16.1. The highest BCUT2D eigenvalue weighted by Gasteiger charge is 2.46. The zero-order chi connectivity index (χ0) is 15.7. The van der Waals surface area contributed by atoms with Crippen molar-refractivity contribution in [2.75, 3.05) is 26.0 Å². The SMILES string of the molecule is O=c1ccn([C@@]2(O)COC[C@@H]2OCCP(=O)(O)O)c(=O)[nH]1. The first-order valence-corrected chi connectivity index (χ1v) is 7.81. The topological polar surface area (TPSA) is 151 Å². The maximum absolute atomic E-state index is 11.7. The summed E-state index contributed by atoms with van der Waals surface area (Å²) in [6.07, 6.45) is -0.400. The largest absolute Gasteiger partial charge is 0.373 e. The highest BCUT2D eigenvalue weighted by molar-refractivity contribution is 7.51. The van der Waals surface area contributed by atoms with Gasteiger partial charge in [0.25, 0.3) is 5.56 Å². The number of rotatable bonds is 5. The summed E-state index contributed by atoms with van der Waals surface area (Å²) in [5, 5.41) is 10.5. The van der Waals surface area contributed by atoms with E-state index in [2.05, 4.69) is 0 Å². The van der Waals surface area contributed by atoms with Gasteiger partial charge in [-0.15, -0.1) is 0 Å². The molecule has 2 heterocycles. The molecule has 0 saturated carbocycles. The number of aliphatic hydroxyl groups is 1. The van der Waals surface area contributed by atoms with Crippen molar-refractivity contribution in [1.82, 2.24) is 9.55 Å². The first-order chi connectivity index (χ1) is 9.72. The summed E-state index contributed by atoms with van der Waals surface area (Å²) in [6, 6.07) is 1.06. The molecule has 10 nitrogen and oxygen atoms in total. The summed E-state index contributed by atoms with van der Waals surface area (Å²) in [4.78, 5) is 42.3. The molecule has 0 aromatic carbocycles. The van der Waals surface area contributed by atoms with E-state index >= 15 is 0 Å². The van der Waals surface area contributed by atoms with Gasteiger partial charge in [-0.3, -0.25) is 18.9 Å². The second-order valence-electron chi connectivity index (χ2n) is 4.62. The van der Waals surface area contributed by atoms with E-state index < -0.39 is 36.8 Å². The molecule has 21 heavy (non-hydrogen) atoms. The number of nitrogens with one attached hydrogen (secondary N) is 1. The standard InChI is InChI=1S/C10H15N2O8P/c13-8-1-2-12(9(14)11-8)10(15)6-19-5-7(10)20-3-4-21(16,17)18/h1-2,7,15H,3-6H2,(H,11,13,14)(H2,16,17,18)/t7-,10+/m0/s1. The molecule has 4 N–H and O–H groups in total. The highest BCUT2D eigenvalue weighted by Crippen LogP contribution is 2.34. The fraction of sp³-hybridized carbons (Fsp3) is 0.600. The third-order valence-electron chi connectivity index (χ3n) is 3.04. The molecule has 118 valence electrons. The Morgan fingerprint density at radius 1 is 1.52 bits per heavy atom. The number of aromatic nitrogens is 2. The quantitative estimate of drug-likeness (QED) is 0.445. The van der Waals surface area contributed by atoms with Crippen LogP contribution in [-0.4, -0.2) is 56.5 Å². The summed E-state index contributed by atoms with van der Waals surface area (Å²) >= 11 is 0. The predicted octanol–water partition coefficient (Wildman–Crippen LogP) is -2.23. The molecule has 1 aromatic heterocycles. The summed E-state index contributed by atoms with van der Waals surface area (Å²) in [6.45, 7) is -0.610. The van der Waals surface area contributed by atoms with Crippen LogP contribution in [0.5, 0.6) is 0 Å². The van der Waals surface area contributed by atoms with Crippen molar-refractivity contribution in [3.05, 3.63) is 33.1 Å². The number of H-pyrrole nitrogens is 1. The molecule has 1 saturated heterocycles. The van der Waals surface area contributed by atoms with Crippen molar-refractivity contribution in [1.29, 1.82) is 0 Å². The number of hydrogen-bond donors (Lipinski definition) is 4. The van der Waals surface area contributed by atoms with Gasteiger partial charge in [0, 0.05) is 12.3 Å². The maximum atomic E-state index is 11.7. The molecule has 2 rings (SSSR count). The van der Waals surface area contributed by atoms with Crippen molar-refractivity contribution in [2.24, 2.45) is 0 Å². The van der Waals surface area contributed by atoms with Gasteiger partial charge in [-0.05, 0) is 0 Å². The van der Waals surface area contributed by atoms with Crippen LogP contribution < -0.4 is 11.2 Å². The third-order valence-corrected chi connectivity index (χ3v) is 3.81. The lowest BCUT2D eigenvalue weighted by atomic mass is 10.1. The van der Waals surface area contributed by atoms with Crippen LogP contribution in [0.4, 0.5) is 0 Å². The molecule has 0 unspecified atom stereocenters. The number of nitrogens with zero attached hydrogens (tertiary/aromatic N) is 1. The molecule has 0 spiro atoms. The summed E-state index contributed by atoms with van der Waals surface area (Å²) in [5.74, 6) is 0. The summed E-state index contributed by atoms with van der Waals surface area (Å²) in [5.41, 5.74) is -3.30. The molecule has 0 bridgehead atoms. The fourth-order valence-corrected chi connectivity index (χ4v) is 2.33. The minimum Gasteiger partial charge on any atom is -0.373 e. The monoisotopic (exact) mass is 322 g/mol. The van der Waals surface area contributed by atoms with Gasteiger partial charge in [-0.25, -0.2) is 4.79 Å². The van der Waals surface area contributed by atoms with Crippen LogP contribution in [-0.2, 0) is 19.8 Å². The van der Waals surface area contributed by atoms with E-state index in [1.165, 1.54) is 0 Å². The lowest BCUT2D eigenvalue weighted by Gasteiger charge is -2.29. The molecular formula is C10H15N2O8P. The van der Waals surface area contributed by atoms with Crippen molar-refractivity contribution >= 4 is 7.60 Å². The Morgan fingerprint density at radius 3 is 2.86 bits per heavy atom. The smallest absolute Gasteiger partial charge is 0.330 e. The first-order valence-electron chi connectivity index (χ1n) is 6.01. The Morgan fingerprint density at radius 2 is 2.24 bits per heavy atom. The van der Waals surface area contributed by atoms with E-state index in [0.29, 0.717) is 0 Å². The van der Waals surface area contributed by atoms with Crippen LogP contribution in [0.2, 0.25) is 0 Å². The van der Waals surface area contributed by atoms with Gasteiger partial charge in [-0.2, -0.15) is 0 Å². The Hall–Kier alpha value is -1.29. The van der Waals surface area contributed by atoms with Gasteiger partial charge in [0.05, 0.1) is 26.0 Å². The van der Waals surface area contributed by atoms with Crippen LogP contribution >= 0.6 is 7.60 Å². The van der Waals surface area contributed by atoms with Crippen LogP contribution in [0.3, 0.4) is 0 Å². The Bertz CT molecular complexity index is 664. The van der Waals surface area contributed by atoms with Gasteiger partial charge in [0.1, 0.15) is 6.10 Å². The lowest BCUT2D eigenvalue weighted by molar-refractivity contribution is -0.131. The van der Waals surface area contributed by atoms with Crippen molar-refractivity contribution in [3.8, 4) is 0 Å². The van der Waals surface area contributed by atoms with Gasteiger partial charge >= 0.3 is 13.3 Å². The molecule has 1 fully saturated rings. The molecule has 0 amide bonds. The van der Waals surface area contributed by atoms with Crippen molar-refractivity contribution in [2.45, 2.75) is 11.8 Å². The average molecular weight is 322 g/mol. The summed E-state index contributed by atoms with van der Waals surface area (Å²) < 4.78 is 21.9. The third kappa shape index (κ3) is 3.67. The number of hydrogen-bond acceptors (Lipinski definition) is 6. The molecule has 1 aliphatic rings. The molecule has 0 radical (unpaired) electrons. The van der Waals surface area contributed by atoms with E-state index in [9.17, 15) is 19.3 Å². The van der Waals surface area contributed by atoms with E-state index in [0.717, 1.165) is 16.8 Å². The number of aromatic amines is 1. The fourth-order valence-electron chi connectivity index (χ4n) is 1.98. The zero-order valence-electron chi connectivity index (χ0n) is 10.8. The molecule has 11 heteroatoms. The normalized spacial score (nSPS) is 26.1. The van der Waals surface area contributed by atoms with Gasteiger partial charge in [-0.1, -0.05) is 0 Å². The van der Waals surface area contributed by atoms with Crippen LogP contribution in [0.1, 0.15) is 0 Å². The zero-order valence-corrected chi connectivity index (χ0v) is 11.7. The van der Waals surface area contributed by atoms with Crippen LogP contribution in [0, 0.1) is 0 Å². The Balaban J connectivity index is 2.17. The molecule has 1 aromatic rings. The second-order valence-corrected chi connectivity index (χ2v) is 6.40. The molecule has 1 aliphatic heterocycles. The van der Waals surface area contributed by atoms with Gasteiger partial charge in [0.15, 0.2) is 5.72 Å². The van der Waals surface area contributed by atoms with Crippen LogP contribution in [0.15, 0.2) is 21.9 Å². The minimum absolute atomic E-state index is 0.0524. The second kappa shape index (κ2) is 5.84. The number of ether oxygens (including phenoxy) is 2. The minimum atomic E-state index is -4.22. The Labute approximate surface area is 118 Å². The molecule has 0 aliphatic carbocycles. The lowest BCUT2D eigenvalue weighted by Crippen LogP contribution is -2.52.